The Morgan fingerprint density at radius 2 is 2.28 bits per heavy atom. The van der Waals surface area contributed by atoms with Crippen LogP contribution in [-0.4, -0.2) is 25.7 Å². The van der Waals surface area contributed by atoms with E-state index in [2.05, 4.69) is 5.32 Å². The minimum absolute atomic E-state index is 0.135. The van der Waals surface area contributed by atoms with Crippen LogP contribution in [0.4, 0.5) is 4.39 Å². The summed E-state index contributed by atoms with van der Waals surface area (Å²) in [4.78, 5) is 11.8. The fourth-order valence-corrected chi connectivity index (χ4v) is 2.44. The average molecular weight is 251 g/mol. The maximum absolute atomic E-state index is 13.9. The molecule has 0 unspecified atom stereocenters. The number of carbonyl (C=O) groups excluding carboxylic acids is 1. The molecule has 3 nitrogen and oxygen atoms in total. The molecule has 0 aliphatic carbocycles. The topological polar surface area (TPSA) is 38.3 Å². The van der Waals surface area contributed by atoms with Crippen molar-refractivity contribution in [3.63, 3.8) is 0 Å². The fraction of sp³-hybridized carbons (Fsp3) is 0.500. The molecule has 0 amide bonds. The van der Waals surface area contributed by atoms with Crippen molar-refractivity contribution in [1.82, 2.24) is 5.32 Å². The van der Waals surface area contributed by atoms with Crippen molar-refractivity contribution in [3.8, 4) is 0 Å². The first kappa shape index (κ1) is 13.0. The van der Waals surface area contributed by atoms with Crippen LogP contribution in [0.5, 0.6) is 0 Å². The van der Waals surface area contributed by atoms with Crippen LogP contribution in [-0.2, 0) is 9.53 Å². The molecule has 1 N–H and O–H groups in total. The molecule has 98 valence electrons. The van der Waals surface area contributed by atoms with Gasteiger partial charge in [0.15, 0.2) is 0 Å². The molecule has 0 radical (unpaired) electrons. The number of esters is 1. The Bertz CT molecular complexity index is 447. The highest BCUT2D eigenvalue weighted by Crippen LogP contribution is 2.31. The van der Waals surface area contributed by atoms with Crippen LogP contribution in [0.3, 0.4) is 0 Å². The molecule has 1 aliphatic rings. The summed E-state index contributed by atoms with van der Waals surface area (Å²) in [5.41, 5.74) is 1.48. The van der Waals surface area contributed by atoms with Gasteiger partial charge in [0, 0.05) is 19.0 Å². The van der Waals surface area contributed by atoms with Gasteiger partial charge in [-0.2, -0.15) is 0 Å². The second-order valence-corrected chi connectivity index (χ2v) is 4.65. The van der Waals surface area contributed by atoms with E-state index in [1.807, 2.05) is 13.0 Å². The molecule has 1 heterocycles. The predicted octanol–water partition coefficient (Wildman–Crippen LogP) is 2.00. The molecule has 1 saturated heterocycles. The summed E-state index contributed by atoms with van der Waals surface area (Å²) in [6, 6.07) is 5.16. The van der Waals surface area contributed by atoms with E-state index in [-0.39, 0.29) is 23.6 Å². The molecule has 1 aromatic carbocycles. The predicted molar refractivity (Wildman–Crippen MR) is 66.9 cm³/mol. The van der Waals surface area contributed by atoms with Crippen LogP contribution in [0, 0.1) is 18.7 Å². The van der Waals surface area contributed by atoms with Gasteiger partial charge in [-0.15, -0.1) is 0 Å². The highest BCUT2D eigenvalue weighted by Gasteiger charge is 2.36. The van der Waals surface area contributed by atoms with Crippen LogP contribution >= 0.6 is 0 Å². The number of aryl methyl sites for hydroxylation is 1. The summed E-state index contributed by atoms with van der Waals surface area (Å²) in [7, 11) is 0. The third-order valence-corrected chi connectivity index (χ3v) is 3.36. The summed E-state index contributed by atoms with van der Waals surface area (Å²) in [6.45, 7) is 5.16. The van der Waals surface area contributed by atoms with Gasteiger partial charge in [0.1, 0.15) is 5.82 Å². The first-order valence-electron chi connectivity index (χ1n) is 6.27. The highest BCUT2D eigenvalue weighted by atomic mass is 19.1. The smallest absolute Gasteiger partial charge is 0.310 e. The molecule has 1 fully saturated rings. The molecular formula is C14H18FNO2. The number of halogens is 1. The van der Waals surface area contributed by atoms with Gasteiger partial charge in [0.2, 0.25) is 0 Å². The van der Waals surface area contributed by atoms with E-state index < -0.39 is 0 Å². The summed E-state index contributed by atoms with van der Waals surface area (Å²) in [5, 5.41) is 3.13. The lowest BCUT2D eigenvalue weighted by Gasteiger charge is -2.18. The number of rotatable bonds is 3. The van der Waals surface area contributed by atoms with E-state index in [9.17, 15) is 9.18 Å². The van der Waals surface area contributed by atoms with Crippen LogP contribution in [0.2, 0.25) is 0 Å². The third-order valence-electron chi connectivity index (χ3n) is 3.36. The van der Waals surface area contributed by atoms with Crippen molar-refractivity contribution >= 4 is 5.97 Å². The van der Waals surface area contributed by atoms with E-state index in [0.29, 0.717) is 25.3 Å². The third kappa shape index (κ3) is 2.53. The van der Waals surface area contributed by atoms with Gasteiger partial charge >= 0.3 is 5.97 Å². The monoisotopic (exact) mass is 251 g/mol. The first-order valence-corrected chi connectivity index (χ1v) is 6.27. The van der Waals surface area contributed by atoms with Crippen LogP contribution in [0.1, 0.15) is 24.0 Å². The first-order chi connectivity index (χ1) is 8.63. The van der Waals surface area contributed by atoms with Crippen molar-refractivity contribution in [2.75, 3.05) is 19.7 Å². The van der Waals surface area contributed by atoms with Crippen molar-refractivity contribution < 1.29 is 13.9 Å². The molecule has 2 rings (SSSR count). The number of ether oxygens (including phenoxy) is 1. The van der Waals surface area contributed by atoms with Crippen molar-refractivity contribution in [2.45, 2.75) is 19.8 Å². The van der Waals surface area contributed by atoms with E-state index >= 15 is 0 Å². The number of hydrogen-bond donors (Lipinski definition) is 1. The number of carbonyl (C=O) groups is 1. The maximum Gasteiger partial charge on any atom is 0.310 e. The molecule has 18 heavy (non-hydrogen) atoms. The molecule has 2 atom stereocenters. The minimum atomic E-state index is -0.290. The molecule has 0 spiro atoms. The standard InChI is InChI=1S/C14H18FNO2/c1-3-18-14(17)12-8-16-7-11(12)10-5-4-9(2)6-13(10)15/h4-6,11-12,16H,3,7-8H2,1-2H3/t11-,12+/m0/s1. The van der Waals surface area contributed by atoms with Crippen LogP contribution in [0.25, 0.3) is 0 Å². The molecule has 4 heteroatoms. The van der Waals surface area contributed by atoms with E-state index in [1.54, 1.807) is 13.0 Å². The molecule has 0 saturated carbocycles. The van der Waals surface area contributed by atoms with Gasteiger partial charge in [-0.05, 0) is 31.0 Å². The minimum Gasteiger partial charge on any atom is -0.466 e. The Labute approximate surface area is 106 Å². The molecular weight excluding hydrogens is 233 g/mol. The lowest BCUT2D eigenvalue weighted by Crippen LogP contribution is -2.24. The normalized spacial score (nSPS) is 23.1. The quantitative estimate of drug-likeness (QED) is 0.835. The summed E-state index contributed by atoms with van der Waals surface area (Å²) < 4.78 is 19.0. The zero-order valence-corrected chi connectivity index (χ0v) is 10.7. The molecule has 0 aromatic heterocycles. The van der Waals surface area contributed by atoms with Crippen LogP contribution in [0.15, 0.2) is 18.2 Å². The van der Waals surface area contributed by atoms with Gasteiger partial charge in [0.05, 0.1) is 12.5 Å². The fourth-order valence-electron chi connectivity index (χ4n) is 2.44. The zero-order chi connectivity index (χ0) is 13.1. The Balaban J connectivity index is 2.23. The van der Waals surface area contributed by atoms with Crippen molar-refractivity contribution in [1.29, 1.82) is 0 Å². The van der Waals surface area contributed by atoms with Gasteiger partial charge in [-0.3, -0.25) is 4.79 Å². The lowest BCUT2D eigenvalue weighted by atomic mass is 9.88. The van der Waals surface area contributed by atoms with E-state index in [0.717, 1.165) is 5.56 Å². The Morgan fingerprint density at radius 1 is 1.50 bits per heavy atom. The van der Waals surface area contributed by atoms with Gasteiger partial charge in [-0.1, -0.05) is 12.1 Å². The highest BCUT2D eigenvalue weighted by molar-refractivity contribution is 5.74. The molecule has 1 aliphatic heterocycles. The summed E-state index contributed by atoms with van der Waals surface area (Å²) >= 11 is 0. The van der Waals surface area contributed by atoms with Gasteiger partial charge in [0.25, 0.3) is 0 Å². The molecule has 1 aromatic rings. The van der Waals surface area contributed by atoms with Crippen molar-refractivity contribution in [3.05, 3.63) is 35.1 Å². The summed E-state index contributed by atoms with van der Waals surface area (Å²) in [5.74, 6) is -0.905. The number of hydrogen-bond acceptors (Lipinski definition) is 3. The molecule has 0 bridgehead atoms. The van der Waals surface area contributed by atoms with Crippen LogP contribution < -0.4 is 5.32 Å². The average Bonchev–Trinajstić information content (AvgIpc) is 2.78. The lowest BCUT2D eigenvalue weighted by molar-refractivity contribution is -0.147. The Kier molecular flexibility index (Phi) is 3.97. The summed E-state index contributed by atoms with van der Waals surface area (Å²) in [6.07, 6.45) is 0. The second kappa shape index (κ2) is 5.48. The SMILES string of the molecule is CCOC(=O)[C@@H]1CNC[C@H]1c1ccc(C)cc1F. The van der Waals surface area contributed by atoms with E-state index in [4.69, 9.17) is 4.74 Å². The van der Waals surface area contributed by atoms with Crippen molar-refractivity contribution in [2.24, 2.45) is 5.92 Å². The Hall–Kier alpha value is -1.42. The largest absolute Gasteiger partial charge is 0.466 e. The van der Waals surface area contributed by atoms with Gasteiger partial charge < -0.3 is 10.1 Å². The number of nitrogens with one attached hydrogen (secondary N) is 1. The van der Waals surface area contributed by atoms with Gasteiger partial charge in [-0.25, -0.2) is 4.39 Å². The second-order valence-electron chi connectivity index (χ2n) is 4.65. The van der Waals surface area contributed by atoms with E-state index in [1.165, 1.54) is 6.07 Å². The zero-order valence-electron chi connectivity index (χ0n) is 10.7. The Morgan fingerprint density at radius 3 is 2.94 bits per heavy atom. The number of benzene rings is 1. The maximum atomic E-state index is 13.9.